The van der Waals surface area contributed by atoms with Crippen LogP contribution in [0.25, 0.3) is 16.0 Å². The van der Waals surface area contributed by atoms with E-state index in [1.165, 1.54) is 16.2 Å². The van der Waals surface area contributed by atoms with Gasteiger partial charge in [-0.2, -0.15) is 0 Å². The average Bonchev–Trinajstić information content (AvgIpc) is 3.52. The Hall–Kier alpha value is -4.37. The Labute approximate surface area is 241 Å². The van der Waals surface area contributed by atoms with Crippen LogP contribution >= 0.6 is 11.3 Å². The Bertz CT molecular complexity index is 1680. The number of nitrogens with zero attached hydrogens (tertiary/aromatic N) is 2. The largest absolute Gasteiger partial charge is 0.507 e. The highest BCUT2D eigenvalue weighted by molar-refractivity contribution is 7.22. The fourth-order valence-corrected chi connectivity index (χ4v) is 6.22. The van der Waals surface area contributed by atoms with Gasteiger partial charge in [-0.3, -0.25) is 14.5 Å². The highest BCUT2D eigenvalue weighted by atomic mass is 32.1. The van der Waals surface area contributed by atoms with Crippen molar-refractivity contribution in [1.29, 1.82) is 0 Å². The summed E-state index contributed by atoms with van der Waals surface area (Å²) in [7, 11) is 0. The summed E-state index contributed by atoms with van der Waals surface area (Å²) in [5.74, 6) is -0.175. The number of carbonyl (C=O) groups is 2. The second kappa shape index (κ2) is 11.2. The Morgan fingerprint density at radius 1 is 1.05 bits per heavy atom. The van der Waals surface area contributed by atoms with Gasteiger partial charge in [0.2, 0.25) is 0 Å². The number of rotatable bonds is 8. The summed E-state index contributed by atoms with van der Waals surface area (Å²) in [6.07, 6.45) is 3.07. The molecule has 0 bridgehead atoms. The fraction of sp³-hybridized carbons (Fsp3) is 0.281. The summed E-state index contributed by atoms with van der Waals surface area (Å²) in [6.45, 7) is 5.50. The van der Waals surface area contributed by atoms with Gasteiger partial charge in [0, 0.05) is 5.56 Å². The molecule has 210 valence electrons. The van der Waals surface area contributed by atoms with Crippen LogP contribution in [-0.2, 0) is 9.59 Å². The molecule has 1 atom stereocenters. The van der Waals surface area contributed by atoms with Gasteiger partial charge in [0.25, 0.3) is 5.78 Å². The van der Waals surface area contributed by atoms with E-state index in [0.717, 1.165) is 35.0 Å². The molecule has 2 aliphatic rings. The summed E-state index contributed by atoms with van der Waals surface area (Å²) in [4.78, 5) is 33.4. The van der Waals surface area contributed by atoms with Gasteiger partial charge in [-0.15, -0.1) is 0 Å². The quantitative estimate of drug-likeness (QED) is 0.111. The van der Waals surface area contributed by atoms with E-state index >= 15 is 0 Å². The predicted octanol–water partition coefficient (Wildman–Crippen LogP) is 6.57. The topological polar surface area (TPSA) is 98.2 Å². The molecule has 1 saturated heterocycles. The van der Waals surface area contributed by atoms with Crippen LogP contribution in [0.4, 0.5) is 5.13 Å². The molecule has 41 heavy (non-hydrogen) atoms. The van der Waals surface area contributed by atoms with Crippen LogP contribution in [0.15, 0.2) is 66.2 Å². The smallest absolute Gasteiger partial charge is 0.301 e. The van der Waals surface area contributed by atoms with Crippen LogP contribution in [0.5, 0.6) is 17.2 Å². The molecule has 0 saturated carbocycles. The zero-order valence-corrected chi connectivity index (χ0v) is 23.7. The lowest BCUT2D eigenvalue weighted by molar-refractivity contribution is -0.132. The lowest BCUT2D eigenvalue weighted by Crippen LogP contribution is -2.29. The Kier molecular flexibility index (Phi) is 7.36. The number of benzene rings is 3. The minimum atomic E-state index is -0.913. The maximum Gasteiger partial charge on any atom is 0.301 e. The molecule has 6 rings (SSSR count). The summed E-state index contributed by atoms with van der Waals surface area (Å²) in [5, 5.41) is 12.0. The molecule has 8 nitrogen and oxygen atoms in total. The zero-order valence-electron chi connectivity index (χ0n) is 22.9. The first-order chi connectivity index (χ1) is 19.9. The minimum absolute atomic E-state index is 0.0229. The van der Waals surface area contributed by atoms with Crippen LogP contribution in [0.3, 0.4) is 0 Å². The van der Waals surface area contributed by atoms with Crippen LogP contribution < -0.4 is 19.1 Å². The predicted molar refractivity (Wildman–Crippen MR) is 158 cm³/mol. The van der Waals surface area contributed by atoms with E-state index in [-0.39, 0.29) is 11.3 Å². The lowest BCUT2D eigenvalue weighted by Gasteiger charge is -2.24. The highest BCUT2D eigenvalue weighted by Gasteiger charge is 2.48. The van der Waals surface area contributed by atoms with Gasteiger partial charge in [0.15, 0.2) is 16.6 Å². The van der Waals surface area contributed by atoms with Crippen LogP contribution in [-0.4, -0.2) is 41.6 Å². The Morgan fingerprint density at radius 3 is 2.71 bits per heavy atom. The molecule has 1 N–H and O–H groups in total. The van der Waals surface area contributed by atoms with E-state index in [1.807, 2.05) is 49.4 Å². The summed E-state index contributed by atoms with van der Waals surface area (Å²) < 4.78 is 18.2. The van der Waals surface area contributed by atoms with Crippen molar-refractivity contribution in [3.8, 4) is 17.2 Å². The van der Waals surface area contributed by atoms with Crippen molar-refractivity contribution in [2.75, 3.05) is 24.7 Å². The first kappa shape index (κ1) is 26.8. The summed E-state index contributed by atoms with van der Waals surface area (Å²) in [5.41, 5.74) is 2.76. The molecule has 1 aromatic heterocycles. The van der Waals surface area contributed by atoms with E-state index in [1.54, 1.807) is 18.2 Å². The minimum Gasteiger partial charge on any atom is -0.507 e. The second-order valence-electron chi connectivity index (χ2n) is 10.1. The van der Waals surface area contributed by atoms with E-state index in [2.05, 4.69) is 6.92 Å². The maximum absolute atomic E-state index is 13.7. The third-order valence-corrected chi connectivity index (χ3v) is 8.21. The van der Waals surface area contributed by atoms with Crippen molar-refractivity contribution in [3.05, 3.63) is 82.9 Å². The number of aromatic nitrogens is 1. The number of amides is 1. The van der Waals surface area contributed by atoms with Gasteiger partial charge >= 0.3 is 5.91 Å². The molecular weight excluding hydrogens is 540 g/mol. The Morgan fingerprint density at radius 2 is 1.88 bits per heavy atom. The number of ketones is 1. The molecule has 1 fully saturated rings. The van der Waals surface area contributed by atoms with Crippen molar-refractivity contribution in [1.82, 2.24) is 4.98 Å². The second-order valence-corrected chi connectivity index (χ2v) is 11.1. The van der Waals surface area contributed by atoms with Crippen molar-refractivity contribution in [3.63, 3.8) is 0 Å². The number of aliphatic hydroxyl groups is 1. The number of hydrogen-bond acceptors (Lipinski definition) is 8. The van der Waals surface area contributed by atoms with Crippen molar-refractivity contribution in [2.45, 2.75) is 39.2 Å². The van der Waals surface area contributed by atoms with Crippen LogP contribution in [0, 0.1) is 6.92 Å². The van der Waals surface area contributed by atoms with E-state index in [0.29, 0.717) is 53.3 Å². The molecule has 0 unspecified atom stereocenters. The van der Waals surface area contributed by atoms with E-state index < -0.39 is 17.7 Å². The standard InChI is InChI=1S/C32H30N2O6S/c1-3-4-5-13-38-22-8-6-7-20(17-22)28-27(29(35)21-10-12-24-25(18-21)40-15-14-39-24)30(36)31(37)34(28)32-33-23-11-9-19(2)16-26(23)41-32/h6-12,16-18,28,35H,3-5,13-15H2,1-2H3/t28-/m1/s1. The average molecular weight is 571 g/mol. The number of aryl methyl sites for hydroxylation is 1. The van der Waals surface area contributed by atoms with Gasteiger partial charge in [0.05, 0.1) is 28.4 Å². The molecule has 3 aromatic carbocycles. The first-order valence-corrected chi connectivity index (χ1v) is 14.6. The number of ether oxygens (including phenoxy) is 3. The van der Waals surface area contributed by atoms with Gasteiger partial charge in [0.1, 0.15) is 24.7 Å². The number of fused-ring (bicyclic) bond motifs is 2. The normalized spacial score (nSPS) is 17.8. The molecule has 9 heteroatoms. The zero-order chi connectivity index (χ0) is 28.5. The Balaban J connectivity index is 1.48. The molecule has 1 amide bonds. The third kappa shape index (κ3) is 5.13. The van der Waals surface area contributed by atoms with Crippen molar-refractivity contribution in [2.24, 2.45) is 0 Å². The van der Waals surface area contributed by atoms with Crippen LogP contribution in [0.2, 0.25) is 0 Å². The number of unbranched alkanes of at least 4 members (excludes halogenated alkanes) is 2. The molecular formula is C32H30N2O6S. The summed E-state index contributed by atoms with van der Waals surface area (Å²) in [6, 6.07) is 17.2. The lowest BCUT2D eigenvalue weighted by atomic mass is 9.95. The van der Waals surface area contributed by atoms with Crippen LogP contribution in [0.1, 0.15) is 48.9 Å². The third-order valence-electron chi connectivity index (χ3n) is 7.19. The first-order valence-electron chi connectivity index (χ1n) is 13.8. The van der Waals surface area contributed by atoms with E-state index in [9.17, 15) is 14.7 Å². The molecule has 3 heterocycles. The molecule has 0 spiro atoms. The number of anilines is 1. The number of hydrogen-bond donors (Lipinski definition) is 1. The van der Waals surface area contributed by atoms with Crippen molar-refractivity contribution >= 4 is 44.1 Å². The SMILES string of the molecule is CCCCCOc1cccc([C@@H]2C(=C(O)c3ccc4c(c3)OCCO4)C(=O)C(=O)N2c2nc3ccc(C)cc3s2)c1. The van der Waals surface area contributed by atoms with Crippen molar-refractivity contribution < 1.29 is 28.9 Å². The molecule has 0 radical (unpaired) electrons. The molecule has 4 aromatic rings. The van der Waals surface area contributed by atoms with Gasteiger partial charge < -0.3 is 19.3 Å². The number of aliphatic hydroxyl groups excluding tert-OH is 1. The maximum atomic E-state index is 13.7. The van der Waals surface area contributed by atoms with Gasteiger partial charge in [-0.05, 0) is 66.9 Å². The monoisotopic (exact) mass is 570 g/mol. The number of Topliss-reactive ketones (excluding diaryl/α,β-unsaturated/α-hetero) is 1. The van der Waals surface area contributed by atoms with Gasteiger partial charge in [-0.25, -0.2) is 4.98 Å². The summed E-state index contributed by atoms with van der Waals surface area (Å²) >= 11 is 1.33. The number of thiazole rings is 1. The number of carbonyl (C=O) groups excluding carboxylic acids is 2. The highest BCUT2D eigenvalue weighted by Crippen LogP contribution is 2.45. The van der Waals surface area contributed by atoms with Gasteiger partial charge in [-0.1, -0.05) is 49.3 Å². The van der Waals surface area contributed by atoms with E-state index in [4.69, 9.17) is 19.2 Å². The molecule has 0 aliphatic carbocycles. The molecule has 2 aliphatic heterocycles. The fourth-order valence-electron chi connectivity index (χ4n) is 5.13.